The molecule has 0 aromatic heterocycles. The standard InChI is InChI=1S/C16H11Br2NO2/c1-9-6-12(18)7-13-14(9)19(16(21)15(13)20)8-10-2-4-11(17)5-3-10/h2-7H,8H2,1H3. The Balaban J connectivity index is 2.03. The minimum absolute atomic E-state index is 0.396. The van der Waals surface area contributed by atoms with E-state index in [9.17, 15) is 9.59 Å². The Kier molecular flexibility index (Phi) is 3.71. The first kappa shape index (κ1) is 14.5. The molecule has 1 heterocycles. The van der Waals surface area contributed by atoms with E-state index in [1.165, 1.54) is 0 Å². The van der Waals surface area contributed by atoms with Crippen molar-refractivity contribution in [3.63, 3.8) is 0 Å². The molecule has 0 spiro atoms. The molecule has 0 atom stereocenters. The number of Topliss-reactive ketones (excluding diaryl/α,β-unsaturated/α-hetero) is 1. The molecule has 0 saturated heterocycles. The van der Waals surface area contributed by atoms with Crippen molar-refractivity contribution in [2.24, 2.45) is 0 Å². The molecule has 0 radical (unpaired) electrons. The molecule has 0 unspecified atom stereocenters. The fraction of sp³-hybridized carbons (Fsp3) is 0.125. The van der Waals surface area contributed by atoms with Gasteiger partial charge in [-0.25, -0.2) is 0 Å². The monoisotopic (exact) mass is 407 g/mol. The van der Waals surface area contributed by atoms with Crippen LogP contribution in [-0.4, -0.2) is 11.7 Å². The number of rotatable bonds is 2. The van der Waals surface area contributed by atoms with Crippen molar-refractivity contribution in [2.75, 3.05) is 4.90 Å². The Hall–Kier alpha value is -1.46. The number of carbonyl (C=O) groups excluding carboxylic acids is 2. The highest BCUT2D eigenvalue weighted by Gasteiger charge is 2.37. The Morgan fingerprint density at radius 1 is 1.00 bits per heavy atom. The third kappa shape index (κ3) is 2.56. The number of carbonyl (C=O) groups is 2. The topological polar surface area (TPSA) is 37.4 Å². The Labute approximate surface area is 139 Å². The molecule has 5 heteroatoms. The maximum Gasteiger partial charge on any atom is 0.299 e. The second-order valence-electron chi connectivity index (χ2n) is 4.97. The fourth-order valence-corrected chi connectivity index (χ4v) is 3.37. The lowest BCUT2D eigenvalue weighted by molar-refractivity contribution is -0.114. The average Bonchev–Trinajstić information content (AvgIpc) is 2.67. The second kappa shape index (κ2) is 5.39. The number of ketones is 1. The molecule has 106 valence electrons. The molecule has 0 fully saturated rings. The van der Waals surface area contributed by atoms with Gasteiger partial charge >= 0.3 is 0 Å². The number of hydrogen-bond acceptors (Lipinski definition) is 2. The van der Waals surface area contributed by atoms with Crippen molar-refractivity contribution in [3.05, 3.63) is 62.0 Å². The lowest BCUT2D eigenvalue weighted by Crippen LogP contribution is -2.29. The smallest absolute Gasteiger partial charge is 0.299 e. The Morgan fingerprint density at radius 3 is 2.33 bits per heavy atom. The largest absolute Gasteiger partial charge is 0.300 e. The van der Waals surface area contributed by atoms with Crippen LogP contribution in [0.15, 0.2) is 45.3 Å². The highest BCUT2D eigenvalue weighted by atomic mass is 79.9. The van der Waals surface area contributed by atoms with Gasteiger partial charge in [0.1, 0.15) is 0 Å². The summed E-state index contributed by atoms with van der Waals surface area (Å²) in [6, 6.07) is 11.4. The van der Waals surface area contributed by atoms with Gasteiger partial charge in [-0.05, 0) is 42.3 Å². The summed E-state index contributed by atoms with van der Waals surface area (Å²) in [7, 11) is 0. The molecule has 3 nitrogen and oxygen atoms in total. The fourth-order valence-electron chi connectivity index (χ4n) is 2.53. The minimum atomic E-state index is -0.464. The molecule has 0 N–H and O–H groups in total. The number of anilines is 1. The maximum absolute atomic E-state index is 12.2. The Bertz CT molecular complexity index is 754. The van der Waals surface area contributed by atoms with E-state index >= 15 is 0 Å². The normalized spacial score (nSPS) is 13.8. The summed E-state index contributed by atoms with van der Waals surface area (Å²) in [5, 5.41) is 0. The number of fused-ring (bicyclic) bond motifs is 1. The van der Waals surface area contributed by atoms with Gasteiger partial charge in [0.15, 0.2) is 0 Å². The van der Waals surface area contributed by atoms with Crippen LogP contribution >= 0.6 is 31.9 Å². The number of nitrogens with zero attached hydrogens (tertiary/aromatic N) is 1. The van der Waals surface area contributed by atoms with E-state index in [1.54, 1.807) is 11.0 Å². The first-order valence-corrected chi connectivity index (χ1v) is 7.97. The van der Waals surface area contributed by atoms with Crippen molar-refractivity contribution in [1.82, 2.24) is 0 Å². The molecule has 0 aliphatic carbocycles. The molecular formula is C16H11Br2NO2. The van der Waals surface area contributed by atoms with Crippen LogP contribution < -0.4 is 4.90 Å². The maximum atomic E-state index is 12.2. The number of hydrogen-bond donors (Lipinski definition) is 0. The molecule has 2 aromatic carbocycles. The van der Waals surface area contributed by atoms with Gasteiger partial charge in [0, 0.05) is 8.95 Å². The van der Waals surface area contributed by atoms with E-state index in [0.29, 0.717) is 12.1 Å². The molecule has 2 aromatic rings. The molecule has 21 heavy (non-hydrogen) atoms. The van der Waals surface area contributed by atoms with Crippen molar-refractivity contribution < 1.29 is 9.59 Å². The van der Waals surface area contributed by atoms with Crippen molar-refractivity contribution in [2.45, 2.75) is 13.5 Å². The molecule has 1 aliphatic rings. The highest BCUT2D eigenvalue weighted by Crippen LogP contribution is 2.36. The van der Waals surface area contributed by atoms with Crippen LogP contribution in [0.25, 0.3) is 0 Å². The van der Waals surface area contributed by atoms with Gasteiger partial charge in [0.25, 0.3) is 11.7 Å². The molecule has 3 rings (SSSR count). The third-order valence-electron chi connectivity index (χ3n) is 3.47. The zero-order valence-corrected chi connectivity index (χ0v) is 14.4. The summed E-state index contributed by atoms with van der Waals surface area (Å²) in [5.74, 6) is -0.902. The van der Waals surface area contributed by atoms with E-state index in [2.05, 4.69) is 31.9 Å². The lowest BCUT2D eigenvalue weighted by Gasteiger charge is -2.18. The molecule has 0 saturated carbocycles. The van der Waals surface area contributed by atoms with Crippen LogP contribution in [0.1, 0.15) is 21.5 Å². The lowest BCUT2D eigenvalue weighted by atomic mass is 10.1. The SMILES string of the molecule is Cc1cc(Br)cc2c1N(Cc1ccc(Br)cc1)C(=O)C2=O. The summed E-state index contributed by atoms with van der Waals surface area (Å²) in [4.78, 5) is 25.9. The first-order valence-electron chi connectivity index (χ1n) is 6.38. The highest BCUT2D eigenvalue weighted by molar-refractivity contribution is 9.10. The van der Waals surface area contributed by atoms with Gasteiger partial charge in [-0.3, -0.25) is 9.59 Å². The molecule has 1 amide bonds. The quantitative estimate of drug-likeness (QED) is 0.696. The summed E-state index contributed by atoms with van der Waals surface area (Å²) in [5.41, 5.74) is 3.09. The summed E-state index contributed by atoms with van der Waals surface area (Å²) >= 11 is 6.76. The molecule has 0 bridgehead atoms. The molecule has 1 aliphatic heterocycles. The van der Waals surface area contributed by atoms with Gasteiger partial charge in [-0.2, -0.15) is 0 Å². The predicted molar refractivity (Wildman–Crippen MR) is 88.5 cm³/mol. The number of aryl methyl sites for hydroxylation is 1. The zero-order chi connectivity index (χ0) is 15.1. The van der Waals surface area contributed by atoms with E-state index < -0.39 is 11.7 Å². The van der Waals surface area contributed by atoms with Crippen LogP contribution in [0.5, 0.6) is 0 Å². The van der Waals surface area contributed by atoms with Crippen molar-refractivity contribution >= 4 is 49.2 Å². The van der Waals surface area contributed by atoms with Gasteiger partial charge in [0.2, 0.25) is 0 Å². The number of amides is 1. The van der Waals surface area contributed by atoms with Crippen LogP contribution in [0.4, 0.5) is 5.69 Å². The third-order valence-corrected chi connectivity index (χ3v) is 4.46. The van der Waals surface area contributed by atoms with Gasteiger partial charge in [0.05, 0.1) is 17.8 Å². The van der Waals surface area contributed by atoms with E-state index in [1.807, 2.05) is 37.3 Å². The number of benzene rings is 2. The zero-order valence-electron chi connectivity index (χ0n) is 11.2. The Morgan fingerprint density at radius 2 is 1.67 bits per heavy atom. The minimum Gasteiger partial charge on any atom is -0.300 e. The van der Waals surface area contributed by atoms with Crippen molar-refractivity contribution in [3.8, 4) is 0 Å². The van der Waals surface area contributed by atoms with Gasteiger partial charge in [-0.1, -0.05) is 44.0 Å². The summed E-state index contributed by atoms with van der Waals surface area (Å²) in [6.45, 7) is 2.30. The van der Waals surface area contributed by atoms with E-state index in [4.69, 9.17) is 0 Å². The summed E-state index contributed by atoms with van der Waals surface area (Å²) < 4.78 is 1.79. The van der Waals surface area contributed by atoms with Gasteiger partial charge in [-0.15, -0.1) is 0 Å². The first-order chi connectivity index (χ1) is 9.97. The van der Waals surface area contributed by atoms with E-state index in [0.717, 1.165) is 25.8 Å². The number of halogens is 2. The van der Waals surface area contributed by atoms with Crippen LogP contribution in [-0.2, 0) is 11.3 Å². The average molecular weight is 409 g/mol. The van der Waals surface area contributed by atoms with Crippen LogP contribution in [0.2, 0.25) is 0 Å². The van der Waals surface area contributed by atoms with Crippen LogP contribution in [0, 0.1) is 6.92 Å². The van der Waals surface area contributed by atoms with Crippen molar-refractivity contribution in [1.29, 1.82) is 0 Å². The van der Waals surface area contributed by atoms with E-state index in [-0.39, 0.29) is 0 Å². The predicted octanol–water partition coefficient (Wildman–Crippen LogP) is 4.25. The second-order valence-corrected chi connectivity index (χ2v) is 6.80. The van der Waals surface area contributed by atoms with Gasteiger partial charge < -0.3 is 4.90 Å². The molecular weight excluding hydrogens is 398 g/mol. The van der Waals surface area contributed by atoms with Crippen LogP contribution in [0.3, 0.4) is 0 Å². The summed E-state index contributed by atoms with van der Waals surface area (Å²) in [6.07, 6.45) is 0.